The Bertz CT molecular complexity index is 650. The van der Waals surface area contributed by atoms with E-state index in [0.29, 0.717) is 23.4 Å². The van der Waals surface area contributed by atoms with E-state index in [1.165, 1.54) is 69.8 Å². The fourth-order valence-corrected chi connectivity index (χ4v) is 9.02. The molecule has 0 aromatic rings. The summed E-state index contributed by atoms with van der Waals surface area (Å²) in [6, 6.07) is 0. The molecular weight excluding hydrogens is 324 g/mol. The molecule has 7 rings (SSSR count). The Hall–Kier alpha value is -0.830. The average Bonchev–Trinajstić information content (AvgIpc) is 3.23. The molecule has 0 radical (unpaired) electrons. The van der Waals surface area contributed by atoms with Crippen LogP contribution in [-0.4, -0.2) is 25.8 Å². The molecule has 0 aromatic heterocycles. The normalized spacial score (nSPS) is 52.5. The van der Waals surface area contributed by atoms with Crippen molar-refractivity contribution in [2.75, 3.05) is 19.8 Å². The highest BCUT2D eigenvalue weighted by Gasteiger charge is 2.64. The lowest BCUT2D eigenvalue weighted by Crippen LogP contribution is -2.59. The van der Waals surface area contributed by atoms with Crippen LogP contribution in [-0.2, 0) is 14.3 Å². The van der Waals surface area contributed by atoms with Gasteiger partial charge in [0.05, 0.1) is 13.2 Å². The SMILES string of the molecule is O=C1C=C([C@H]2CC[C@@H]3[C@H]4CCC5CCCC[C@@]56COC[C@@]23CC[C@@H]46)CO1. The summed E-state index contributed by atoms with van der Waals surface area (Å²) < 4.78 is 11.9. The molecule has 6 fully saturated rings. The first-order valence-electron chi connectivity index (χ1n) is 11.2. The van der Waals surface area contributed by atoms with Crippen LogP contribution in [0.25, 0.3) is 0 Å². The average molecular weight is 357 g/mol. The third kappa shape index (κ3) is 1.96. The van der Waals surface area contributed by atoms with Crippen molar-refractivity contribution in [3.8, 4) is 0 Å². The number of ether oxygens (including phenoxy) is 2. The molecule has 4 bridgehead atoms. The van der Waals surface area contributed by atoms with Crippen molar-refractivity contribution in [2.45, 2.75) is 64.2 Å². The van der Waals surface area contributed by atoms with E-state index in [-0.39, 0.29) is 5.97 Å². The minimum atomic E-state index is -0.123. The van der Waals surface area contributed by atoms with E-state index < -0.39 is 0 Å². The van der Waals surface area contributed by atoms with Crippen LogP contribution in [0.1, 0.15) is 64.2 Å². The summed E-state index contributed by atoms with van der Waals surface area (Å²) >= 11 is 0. The van der Waals surface area contributed by atoms with E-state index >= 15 is 0 Å². The molecule has 0 N–H and O–H groups in total. The Morgan fingerprint density at radius 1 is 0.885 bits per heavy atom. The van der Waals surface area contributed by atoms with Gasteiger partial charge in [-0.3, -0.25) is 0 Å². The smallest absolute Gasteiger partial charge is 0.331 e. The van der Waals surface area contributed by atoms with Crippen LogP contribution >= 0.6 is 0 Å². The first kappa shape index (κ1) is 16.2. The number of esters is 1. The molecule has 0 amide bonds. The standard InChI is InChI=1S/C23H32O3/c24-21-11-15(12-26-21)18-6-7-19-17-5-4-16-3-1-2-9-22(16)13-25-14-23(18,19)10-8-20(17)22/h11,16-20H,1-10,12-14H2/t16?,17-,18-,19-,20+,22-,23+/m1/s1. The van der Waals surface area contributed by atoms with E-state index in [0.717, 1.165) is 36.9 Å². The molecule has 142 valence electrons. The van der Waals surface area contributed by atoms with Gasteiger partial charge in [-0.1, -0.05) is 12.8 Å². The fraction of sp³-hybridized carbons (Fsp3) is 0.870. The van der Waals surface area contributed by atoms with Gasteiger partial charge < -0.3 is 9.47 Å². The lowest BCUT2D eigenvalue weighted by Gasteiger charge is -2.64. The maximum absolute atomic E-state index is 11.7. The summed E-state index contributed by atoms with van der Waals surface area (Å²) in [5.41, 5.74) is 2.09. The maximum atomic E-state index is 11.7. The third-order valence-corrected chi connectivity index (χ3v) is 9.87. The predicted molar refractivity (Wildman–Crippen MR) is 98.3 cm³/mol. The van der Waals surface area contributed by atoms with Crippen molar-refractivity contribution < 1.29 is 14.3 Å². The number of carbonyl (C=O) groups is 1. The van der Waals surface area contributed by atoms with Gasteiger partial charge in [0.1, 0.15) is 6.61 Å². The molecule has 4 aliphatic carbocycles. The van der Waals surface area contributed by atoms with Gasteiger partial charge in [-0.2, -0.15) is 0 Å². The van der Waals surface area contributed by atoms with Gasteiger partial charge in [-0.25, -0.2) is 4.79 Å². The van der Waals surface area contributed by atoms with Crippen LogP contribution in [0.3, 0.4) is 0 Å². The maximum Gasteiger partial charge on any atom is 0.331 e. The second-order valence-corrected chi connectivity index (χ2v) is 10.4. The Morgan fingerprint density at radius 2 is 1.77 bits per heavy atom. The summed E-state index contributed by atoms with van der Waals surface area (Å²) in [6.45, 7) is 2.50. The van der Waals surface area contributed by atoms with E-state index in [4.69, 9.17) is 9.47 Å². The van der Waals surface area contributed by atoms with Crippen LogP contribution in [0.4, 0.5) is 0 Å². The van der Waals surface area contributed by atoms with Crippen molar-refractivity contribution >= 4 is 5.97 Å². The van der Waals surface area contributed by atoms with Gasteiger partial charge >= 0.3 is 5.97 Å². The zero-order valence-electron chi connectivity index (χ0n) is 15.9. The van der Waals surface area contributed by atoms with Crippen LogP contribution in [0.5, 0.6) is 0 Å². The number of hydrogen-bond donors (Lipinski definition) is 0. The number of rotatable bonds is 1. The highest BCUT2D eigenvalue weighted by Crippen LogP contribution is 2.69. The molecule has 26 heavy (non-hydrogen) atoms. The van der Waals surface area contributed by atoms with Gasteiger partial charge in [-0.05, 0) is 91.9 Å². The topological polar surface area (TPSA) is 35.5 Å². The Balaban J connectivity index is 1.38. The molecule has 4 saturated carbocycles. The van der Waals surface area contributed by atoms with E-state index in [2.05, 4.69) is 0 Å². The second-order valence-electron chi connectivity index (χ2n) is 10.4. The molecule has 0 aromatic carbocycles. The van der Waals surface area contributed by atoms with Gasteiger partial charge in [0.2, 0.25) is 0 Å². The highest BCUT2D eigenvalue weighted by molar-refractivity contribution is 5.85. The van der Waals surface area contributed by atoms with Crippen molar-refractivity contribution in [1.82, 2.24) is 0 Å². The first-order chi connectivity index (χ1) is 12.7. The Kier molecular flexibility index (Phi) is 3.47. The molecule has 2 spiro atoms. The van der Waals surface area contributed by atoms with Crippen molar-refractivity contribution in [2.24, 2.45) is 40.4 Å². The lowest BCUT2D eigenvalue weighted by atomic mass is 9.43. The van der Waals surface area contributed by atoms with Gasteiger partial charge in [0.25, 0.3) is 0 Å². The van der Waals surface area contributed by atoms with Gasteiger partial charge in [0.15, 0.2) is 0 Å². The largest absolute Gasteiger partial charge is 0.458 e. The van der Waals surface area contributed by atoms with Crippen molar-refractivity contribution in [3.05, 3.63) is 11.6 Å². The summed E-state index contributed by atoms with van der Waals surface area (Å²) in [7, 11) is 0. The third-order valence-electron chi connectivity index (χ3n) is 9.87. The van der Waals surface area contributed by atoms with Gasteiger partial charge in [0, 0.05) is 11.5 Å². The fourth-order valence-electron chi connectivity index (χ4n) is 9.02. The number of hydrogen-bond acceptors (Lipinski definition) is 3. The van der Waals surface area contributed by atoms with E-state index in [1.54, 1.807) is 0 Å². The minimum absolute atomic E-state index is 0.123. The Morgan fingerprint density at radius 3 is 2.65 bits per heavy atom. The van der Waals surface area contributed by atoms with E-state index in [9.17, 15) is 4.79 Å². The molecule has 3 aliphatic heterocycles. The number of cyclic esters (lactones) is 1. The van der Waals surface area contributed by atoms with Crippen molar-refractivity contribution in [1.29, 1.82) is 0 Å². The summed E-state index contributed by atoms with van der Waals surface area (Å²) in [5, 5.41) is 0. The van der Waals surface area contributed by atoms with Crippen LogP contribution in [0.15, 0.2) is 11.6 Å². The van der Waals surface area contributed by atoms with Gasteiger partial charge in [-0.15, -0.1) is 0 Å². The van der Waals surface area contributed by atoms with Crippen LogP contribution < -0.4 is 0 Å². The minimum Gasteiger partial charge on any atom is -0.458 e. The molecule has 7 aliphatic rings. The zero-order valence-corrected chi connectivity index (χ0v) is 15.9. The number of carbonyl (C=O) groups excluding carboxylic acids is 1. The Labute approximate surface area is 156 Å². The molecule has 1 unspecified atom stereocenters. The molecule has 3 heterocycles. The van der Waals surface area contributed by atoms with Crippen LogP contribution in [0.2, 0.25) is 0 Å². The molecule has 7 atom stereocenters. The molecular formula is C23H32O3. The van der Waals surface area contributed by atoms with E-state index in [1.807, 2.05) is 6.08 Å². The second kappa shape index (κ2) is 5.59. The molecule has 2 saturated heterocycles. The lowest BCUT2D eigenvalue weighted by molar-refractivity contribution is -0.201. The predicted octanol–water partition coefficient (Wildman–Crippen LogP) is 4.51. The number of fused-ring (bicyclic) bond motifs is 3. The molecule has 3 heteroatoms. The molecule has 3 nitrogen and oxygen atoms in total. The van der Waals surface area contributed by atoms with Crippen LogP contribution in [0, 0.1) is 40.4 Å². The first-order valence-corrected chi connectivity index (χ1v) is 11.2. The summed E-state index contributed by atoms with van der Waals surface area (Å²) in [5.74, 6) is 3.99. The summed E-state index contributed by atoms with van der Waals surface area (Å²) in [6.07, 6.45) is 15.8. The highest BCUT2D eigenvalue weighted by atomic mass is 16.5. The summed E-state index contributed by atoms with van der Waals surface area (Å²) in [4.78, 5) is 11.7. The monoisotopic (exact) mass is 356 g/mol. The van der Waals surface area contributed by atoms with Crippen molar-refractivity contribution in [3.63, 3.8) is 0 Å². The quantitative estimate of drug-likeness (QED) is 0.649. The zero-order chi connectivity index (χ0) is 17.4.